The molecule has 21 heavy (non-hydrogen) atoms. The summed E-state index contributed by atoms with van der Waals surface area (Å²) in [5, 5.41) is 0.695. The first kappa shape index (κ1) is 15.5. The zero-order valence-corrected chi connectivity index (χ0v) is 12.6. The third kappa shape index (κ3) is 4.31. The van der Waals surface area contributed by atoms with Crippen LogP contribution in [0.5, 0.6) is 0 Å². The van der Waals surface area contributed by atoms with Crippen LogP contribution in [0.4, 0.5) is 0 Å². The van der Waals surface area contributed by atoms with Crippen molar-refractivity contribution in [2.75, 3.05) is 6.61 Å². The summed E-state index contributed by atoms with van der Waals surface area (Å²) in [6, 6.07) is 14.9. The molecule has 1 atom stereocenters. The molecule has 0 aliphatic rings. The molecule has 4 heteroatoms. The van der Waals surface area contributed by atoms with Gasteiger partial charge in [-0.1, -0.05) is 48.0 Å². The van der Waals surface area contributed by atoms with Gasteiger partial charge >= 0.3 is 5.97 Å². The highest BCUT2D eigenvalue weighted by Gasteiger charge is 2.15. The molecular weight excluding hydrogens is 286 g/mol. The third-order valence-corrected chi connectivity index (χ3v) is 3.36. The van der Waals surface area contributed by atoms with Gasteiger partial charge in [0.05, 0.1) is 6.61 Å². The van der Waals surface area contributed by atoms with Crippen LogP contribution in [-0.2, 0) is 16.0 Å². The molecule has 2 aromatic carbocycles. The fourth-order valence-electron chi connectivity index (χ4n) is 2.13. The molecule has 0 saturated heterocycles. The van der Waals surface area contributed by atoms with E-state index >= 15 is 0 Å². The highest BCUT2D eigenvalue weighted by Crippen LogP contribution is 2.23. The number of carbonyl (C=O) groups is 1. The van der Waals surface area contributed by atoms with Crippen molar-refractivity contribution in [2.45, 2.75) is 19.4 Å². The van der Waals surface area contributed by atoms with Crippen LogP contribution in [0.1, 0.15) is 12.5 Å². The molecular formula is C17H18ClNO2. The summed E-state index contributed by atoms with van der Waals surface area (Å²) in [4.78, 5) is 11.6. The van der Waals surface area contributed by atoms with Crippen LogP contribution in [0.3, 0.4) is 0 Å². The average molecular weight is 304 g/mol. The Kier molecular flexibility index (Phi) is 5.37. The smallest absolute Gasteiger partial charge is 0.323 e. The Hall–Kier alpha value is -1.84. The SMILES string of the molecule is CCOC(=O)C(N)Cc1cccc(-c2cccc(Cl)c2)c1. The van der Waals surface area contributed by atoms with E-state index in [-0.39, 0.29) is 5.97 Å². The summed E-state index contributed by atoms with van der Waals surface area (Å²) in [6.45, 7) is 2.11. The minimum atomic E-state index is -0.639. The molecule has 0 aliphatic carbocycles. The van der Waals surface area contributed by atoms with E-state index in [2.05, 4.69) is 0 Å². The lowest BCUT2D eigenvalue weighted by atomic mass is 10.00. The number of halogens is 1. The summed E-state index contributed by atoms with van der Waals surface area (Å²) < 4.78 is 4.93. The lowest BCUT2D eigenvalue weighted by Gasteiger charge is -2.11. The van der Waals surface area contributed by atoms with E-state index in [0.29, 0.717) is 18.1 Å². The Morgan fingerprint density at radius 2 is 1.86 bits per heavy atom. The minimum Gasteiger partial charge on any atom is -0.465 e. The van der Waals surface area contributed by atoms with Crippen LogP contribution >= 0.6 is 11.6 Å². The van der Waals surface area contributed by atoms with E-state index in [1.165, 1.54) is 0 Å². The predicted molar refractivity (Wildman–Crippen MR) is 85.2 cm³/mol. The Balaban J connectivity index is 2.16. The fourth-order valence-corrected chi connectivity index (χ4v) is 2.32. The molecule has 0 spiro atoms. The number of hydrogen-bond donors (Lipinski definition) is 1. The Morgan fingerprint density at radius 1 is 1.19 bits per heavy atom. The zero-order valence-electron chi connectivity index (χ0n) is 11.9. The van der Waals surface area contributed by atoms with E-state index in [1.807, 2.05) is 48.5 Å². The molecule has 0 fully saturated rings. The van der Waals surface area contributed by atoms with E-state index in [1.54, 1.807) is 6.92 Å². The van der Waals surface area contributed by atoms with E-state index < -0.39 is 6.04 Å². The predicted octanol–water partition coefficient (Wildman–Crippen LogP) is 3.44. The van der Waals surface area contributed by atoms with Crippen LogP contribution in [-0.4, -0.2) is 18.6 Å². The number of nitrogens with two attached hydrogens (primary N) is 1. The van der Waals surface area contributed by atoms with Crippen LogP contribution in [0.2, 0.25) is 5.02 Å². The van der Waals surface area contributed by atoms with Crippen molar-refractivity contribution in [3.63, 3.8) is 0 Å². The van der Waals surface area contributed by atoms with Gasteiger partial charge in [0.15, 0.2) is 0 Å². The van der Waals surface area contributed by atoms with Crippen molar-refractivity contribution in [3.05, 3.63) is 59.1 Å². The van der Waals surface area contributed by atoms with Gasteiger partial charge in [-0.3, -0.25) is 4.79 Å². The van der Waals surface area contributed by atoms with Gasteiger partial charge in [-0.2, -0.15) is 0 Å². The fraction of sp³-hybridized carbons (Fsp3) is 0.235. The van der Waals surface area contributed by atoms with E-state index in [9.17, 15) is 4.79 Å². The number of benzene rings is 2. The summed E-state index contributed by atoms with van der Waals surface area (Å²) >= 11 is 6.01. The largest absolute Gasteiger partial charge is 0.465 e. The highest BCUT2D eigenvalue weighted by molar-refractivity contribution is 6.30. The third-order valence-electron chi connectivity index (χ3n) is 3.13. The molecule has 2 aromatic rings. The molecule has 2 rings (SSSR count). The van der Waals surface area contributed by atoms with Crippen molar-refractivity contribution < 1.29 is 9.53 Å². The number of ether oxygens (including phenoxy) is 1. The van der Waals surface area contributed by atoms with Crippen molar-refractivity contribution in [2.24, 2.45) is 5.73 Å². The monoisotopic (exact) mass is 303 g/mol. The van der Waals surface area contributed by atoms with Gasteiger partial charge < -0.3 is 10.5 Å². The maximum Gasteiger partial charge on any atom is 0.323 e. The lowest BCUT2D eigenvalue weighted by Crippen LogP contribution is -2.34. The van der Waals surface area contributed by atoms with Gasteiger partial charge in [0.2, 0.25) is 0 Å². The van der Waals surface area contributed by atoms with Crippen molar-refractivity contribution >= 4 is 17.6 Å². The first-order valence-electron chi connectivity index (χ1n) is 6.87. The number of carbonyl (C=O) groups excluding carboxylic acids is 1. The van der Waals surface area contributed by atoms with Crippen molar-refractivity contribution in [3.8, 4) is 11.1 Å². The molecule has 0 aliphatic heterocycles. The normalized spacial score (nSPS) is 12.0. The van der Waals surface area contributed by atoms with E-state index in [0.717, 1.165) is 16.7 Å². The highest BCUT2D eigenvalue weighted by atomic mass is 35.5. The quantitative estimate of drug-likeness (QED) is 0.861. The van der Waals surface area contributed by atoms with Gasteiger partial charge in [-0.25, -0.2) is 0 Å². The first-order valence-corrected chi connectivity index (χ1v) is 7.25. The van der Waals surface area contributed by atoms with Crippen molar-refractivity contribution in [1.29, 1.82) is 0 Å². The maximum absolute atomic E-state index is 11.6. The average Bonchev–Trinajstić information content (AvgIpc) is 2.48. The number of rotatable bonds is 5. The molecule has 0 radical (unpaired) electrons. The molecule has 0 aromatic heterocycles. The molecule has 0 amide bonds. The van der Waals surface area contributed by atoms with Gasteiger partial charge in [-0.05, 0) is 42.2 Å². The van der Waals surface area contributed by atoms with Gasteiger partial charge in [0.1, 0.15) is 6.04 Å². The Labute approximate surface area is 129 Å². The molecule has 0 bridgehead atoms. The van der Waals surface area contributed by atoms with Crippen molar-refractivity contribution in [1.82, 2.24) is 0 Å². The number of hydrogen-bond acceptors (Lipinski definition) is 3. The summed E-state index contributed by atoms with van der Waals surface area (Å²) in [7, 11) is 0. The molecule has 110 valence electrons. The first-order chi connectivity index (χ1) is 10.1. The van der Waals surface area contributed by atoms with Gasteiger partial charge in [-0.15, -0.1) is 0 Å². The topological polar surface area (TPSA) is 52.3 Å². The second-order valence-electron chi connectivity index (χ2n) is 4.77. The second kappa shape index (κ2) is 7.25. The Bertz CT molecular complexity index is 628. The molecule has 3 nitrogen and oxygen atoms in total. The molecule has 2 N–H and O–H groups in total. The van der Waals surface area contributed by atoms with Gasteiger partial charge in [0.25, 0.3) is 0 Å². The molecule has 1 unspecified atom stereocenters. The maximum atomic E-state index is 11.6. The Morgan fingerprint density at radius 3 is 2.52 bits per heavy atom. The lowest BCUT2D eigenvalue weighted by molar-refractivity contribution is -0.144. The second-order valence-corrected chi connectivity index (χ2v) is 5.21. The number of esters is 1. The van der Waals surface area contributed by atoms with E-state index in [4.69, 9.17) is 22.1 Å². The van der Waals surface area contributed by atoms with Crippen LogP contribution in [0.15, 0.2) is 48.5 Å². The van der Waals surface area contributed by atoms with Crippen LogP contribution < -0.4 is 5.73 Å². The molecule has 0 heterocycles. The van der Waals surface area contributed by atoms with Gasteiger partial charge in [0, 0.05) is 5.02 Å². The zero-order chi connectivity index (χ0) is 15.2. The summed E-state index contributed by atoms with van der Waals surface area (Å²) in [5.41, 5.74) is 8.93. The summed E-state index contributed by atoms with van der Waals surface area (Å²) in [5.74, 6) is -0.370. The van der Waals surface area contributed by atoms with Crippen LogP contribution in [0.25, 0.3) is 11.1 Å². The summed E-state index contributed by atoms with van der Waals surface area (Å²) in [6.07, 6.45) is 0.452. The standard InChI is InChI=1S/C17H18ClNO2/c1-2-21-17(20)16(19)10-12-5-3-6-13(9-12)14-7-4-8-15(18)11-14/h3-9,11,16H,2,10,19H2,1H3. The minimum absolute atomic E-state index is 0.342. The van der Waals surface area contributed by atoms with Crippen LogP contribution in [0, 0.1) is 0 Å². The molecule has 0 saturated carbocycles.